The summed E-state index contributed by atoms with van der Waals surface area (Å²) < 4.78 is 0. The lowest BCUT2D eigenvalue weighted by molar-refractivity contribution is -0.122. The number of phenols is 1. The van der Waals surface area contributed by atoms with E-state index in [1.54, 1.807) is 17.0 Å². The molecule has 172 valence electrons. The smallest absolute Gasteiger partial charge is 0.231 e. The molecule has 0 aromatic heterocycles. The van der Waals surface area contributed by atoms with Crippen LogP contribution < -0.4 is 5.73 Å². The van der Waals surface area contributed by atoms with Gasteiger partial charge >= 0.3 is 0 Å². The van der Waals surface area contributed by atoms with E-state index in [1.165, 1.54) is 13.8 Å². The molecular weight excluding hydrogens is 408 g/mol. The molecule has 0 saturated heterocycles. The number of Topliss-reactive ketones (excluding diaryl/α,β-unsaturated/α-hetero) is 3. The first kappa shape index (κ1) is 25.2. The number of hydrogen-bond donors (Lipinski definition) is 2. The van der Waals surface area contributed by atoms with Crippen molar-refractivity contribution in [2.24, 2.45) is 11.7 Å². The molecule has 1 amide bonds. The van der Waals surface area contributed by atoms with E-state index >= 15 is 0 Å². The molecule has 0 unspecified atom stereocenters. The fraction of sp³-hybridized carbons (Fsp3) is 0.440. The Hall–Kier alpha value is -3.06. The van der Waals surface area contributed by atoms with Crippen LogP contribution in [-0.4, -0.2) is 52.9 Å². The first-order valence-corrected chi connectivity index (χ1v) is 10.9. The van der Waals surface area contributed by atoms with Crippen LogP contribution in [0.5, 0.6) is 5.75 Å². The van der Waals surface area contributed by atoms with Crippen LogP contribution in [0.25, 0.3) is 10.8 Å². The van der Waals surface area contributed by atoms with E-state index in [0.717, 1.165) is 10.8 Å². The van der Waals surface area contributed by atoms with Gasteiger partial charge in [0.2, 0.25) is 5.91 Å². The molecule has 0 spiro atoms. The third-order valence-corrected chi connectivity index (χ3v) is 5.41. The Labute approximate surface area is 188 Å². The number of ketones is 3. The van der Waals surface area contributed by atoms with Gasteiger partial charge in [-0.25, -0.2) is 0 Å². The van der Waals surface area contributed by atoms with Crippen LogP contribution in [0.2, 0.25) is 0 Å². The minimum atomic E-state index is -0.533. The van der Waals surface area contributed by atoms with Gasteiger partial charge in [-0.3, -0.25) is 14.5 Å². The number of rotatable bonds is 14. The third-order valence-electron chi connectivity index (χ3n) is 5.41. The Bertz CT molecular complexity index is 969. The molecule has 0 saturated carbocycles. The van der Waals surface area contributed by atoms with Crippen molar-refractivity contribution in [2.75, 3.05) is 19.6 Å². The highest BCUT2D eigenvalue weighted by molar-refractivity contribution is 5.93. The Morgan fingerprint density at radius 1 is 0.969 bits per heavy atom. The van der Waals surface area contributed by atoms with Gasteiger partial charge < -0.3 is 20.4 Å². The number of amides is 1. The maximum atomic E-state index is 12.8. The topological polar surface area (TPSA) is 118 Å². The van der Waals surface area contributed by atoms with E-state index in [2.05, 4.69) is 0 Å². The number of nitrogens with two attached hydrogens (primary N) is 1. The first-order chi connectivity index (χ1) is 15.2. The van der Waals surface area contributed by atoms with Crippen LogP contribution in [0, 0.1) is 5.92 Å². The van der Waals surface area contributed by atoms with Crippen molar-refractivity contribution in [3.63, 3.8) is 0 Å². The van der Waals surface area contributed by atoms with Gasteiger partial charge in [-0.2, -0.15) is 0 Å². The summed E-state index contributed by atoms with van der Waals surface area (Å²) in [5.41, 5.74) is 5.93. The standard InChI is InChI=1S/C25H32N2O5/c1-17(28)12-19(13-18(2)29)6-5-11-27(16-25(26)32)15-21(30)14-23-22-8-4-3-7-20(22)9-10-24(23)31/h3-4,7-10,19,31H,5-6,11-16H2,1-2H3,(H2,26,32). The van der Waals surface area contributed by atoms with Crippen LogP contribution in [0.3, 0.4) is 0 Å². The lowest BCUT2D eigenvalue weighted by Crippen LogP contribution is -2.38. The van der Waals surface area contributed by atoms with Crippen molar-refractivity contribution in [1.29, 1.82) is 0 Å². The second kappa shape index (κ2) is 12.1. The fourth-order valence-electron chi connectivity index (χ4n) is 4.14. The summed E-state index contributed by atoms with van der Waals surface area (Å²) in [5, 5.41) is 12.0. The average Bonchev–Trinajstić information content (AvgIpc) is 2.68. The van der Waals surface area contributed by atoms with Crippen molar-refractivity contribution >= 4 is 34.0 Å². The molecule has 0 radical (unpaired) electrons. The molecule has 2 aromatic carbocycles. The van der Waals surface area contributed by atoms with Crippen molar-refractivity contribution in [3.05, 3.63) is 42.0 Å². The van der Waals surface area contributed by atoms with Gasteiger partial charge in [0.25, 0.3) is 0 Å². The molecule has 0 aliphatic rings. The molecule has 0 aliphatic carbocycles. The summed E-state index contributed by atoms with van der Waals surface area (Å²) in [6.45, 7) is 3.43. The number of phenolic OH excluding ortho intramolecular Hbond substituents is 1. The summed E-state index contributed by atoms with van der Waals surface area (Å²) in [5.74, 6) is -0.569. The molecule has 7 nitrogen and oxygen atoms in total. The monoisotopic (exact) mass is 440 g/mol. The predicted molar refractivity (Wildman–Crippen MR) is 123 cm³/mol. The van der Waals surface area contributed by atoms with Crippen molar-refractivity contribution < 1.29 is 24.3 Å². The number of aromatic hydroxyl groups is 1. The van der Waals surface area contributed by atoms with E-state index in [0.29, 0.717) is 37.8 Å². The van der Waals surface area contributed by atoms with E-state index in [4.69, 9.17) is 5.73 Å². The van der Waals surface area contributed by atoms with E-state index in [1.807, 2.05) is 24.3 Å². The maximum Gasteiger partial charge on any atom is 0.231 e. The maximum absolute atomic E-state index is 12.8. The summed E-state index contributed by atoms with van der Waals surface area (Å²) in [6, 6.07) is 10.9. The first-order valence-electron chi connectivity index (χ1n) is 10.9. The second-order valence-electron chi connectivity index (χ2n) is 8.50. The summed E-state index contributed by atoms with van der Waals surface area (Å²) in [7, 11) is 0. The molecule has 7 heteroatoms. The summed E-state index contributed by atoms with van der Waals surface area (Å²) in [6.07, 6.45) is 2.00. The molecule has 2 rings (SSSR count). The van der Waals surface area contributed by atoms with Crippen molar-refractivity contribution in [2.45, 2.75) is 46.0 Å². The van der Waals surface area contributed by atoms with Crippen LogP contribution in [0.1, 0.15) is 45.1 Å². The van der Waals surface area contributed by atoms with Crippen molar-refractivity contribution in [1.82, 2.24) is 4.90 Å². The number of primary amides is 1. The molecule has 0 fully saturated rings. The van der Waals surface area contributed by atoms with Gasteiger partial charge in [-0.15, -0.1) is 0 Å². The summed E-state index contributed by atoms with van der Waals surface area (Å²) in [4.78, 5) is 48.9. The van der Waals surface area contributed by atoms with Gasteiger partial charge in [0.1, 0.15) is 17.3 Å². The highest BCUT2D eigenvalue weighted by Gasteiger charge is 2.18. The lowest BCUT2D eigenvalue weighted by Gasteiger charge is -2.22. The van der Waals surface area contributed by atoms with E-state index < -0.39 is 5.91 Å². The zero-order chi connectivity index (χ0) is 23.7. The molecular formula is C25H32N2O5. The van der Waals surface area contributed by atoms with Gasteiger partial charge in [-0.1, -0.05) is 30.3 Å². The highest BCUT2D eigenvalue weighted by atomic mass is 16.3. The molecule has 0 heterocycles. The summed E-state index contributed by atoms with van der Waals surface area (Å²) >= 11 is 0. The number of hydrogen-bond acceptors (Lipinski definition) is 6. The Balaban J connectivity index is 2.02. The third kappa shape index (κ3) is 8.23. The zero-order valence-corrected chi connectivity index (χ0v) is 18.8. The average molecular weight is 441 g/mol. The van der Waals surface area contributed by atoms with Gasteiger partial charge in [-0.05, 0) is 56.0 Å². The van der Waals surface area contributed by atoms with E-state index in [-0.39, 0.29) is 48.5 Å². The minimum absolute atomic E-state index is 0.0235. The molecule has 0 atom stereocenters. The number of carbonyl (C=O) groups is 4. The number of nitrogens with zero attached hydrogens (tertiary/aromatic N) is 1. The Kier molecular flexibility index (Phi) is 9.53. The minimum Gasteiger partial charge on any atom is -0.508 e. The SMILES string of the molecule is CC(=O)CC(CCCN(CC(N)=O)CC(=O)Cc1c(O)ccc2ccccc12)CC(C)=O. The lowest BCUT2D eigenvalue weighted by atomic mass is 9.92. The largest absolute Gasteiger partial charge is 0.508 e. The molecule has 0 aliphatic heterocycles. The predicted octanol–water partition coefficient (Wildman–Crippen LogP) is 2.80. The van der Waals surface area contributed by atoms with E-state index in [9.17, 15) is 24.3 Å². The molecule has 0 bridgehead atoms. The molecule has 3 N–H and O–H groups in total. The van der Waals surface area contributed by atoms with Gasteiger partial charge in [0.05, 0.1) is 13.1 Å². The van der Waals surface area contributed by atoms with Gasteiger partial charge in [0.15, 0.2) is 5.78 Å². The second-order valence-corrected chi connectivity index (χ2v) is 8.50. The highest BCUT2D eigenvalue weighted by Crippen LogP contribution is 2.27. The Morgan fingerprint density at radius 2 is 1.62 bits per heavy atom. The molecule has 32 heavy (non-hydrogen) atoms. The van der Waals surface area contributed by atoms with Crippen molar-refractivity contribution in [3.8, 4) is 5.75 Å². The quantitative estimate of drug-likeness (QED) is 0.466. The van der Waals surface area contributed by atoms with Gasteiger partial charge in [0, 0.05) is 24.8 Å². The normalized spacial score (nSPS) is 11.2. The fourth-order valence-corrected chi connectivity index (χ4v) is 4.14. The number of fused-ring (bicyclic) bond motifs is 1. The zero-order valence-electron chi connectivity index (χ0n) is 18.8. The number of benzene rings is 2. The van der Waals surface area contributed by atoms with Crippen LogP contribution >= 0.6 is 0 Å². The Morgan fingerprint density at radius 3 is 2.25 bits per heavy atom. The van der Waals surface area contributed by atoms with Crippen LogP contribution in [0.4, 0.5) is 0 Å². The number of carbonyl (C=O) groups excluding carboxylic acids is 4. The van der Waals surface area contributed by atoms with Crippen LogP contribution in [0.15, 0.2) is 36.4 Å². The molecule has 2 aromatic rings. The van der Waals surface area contributed by atoms with Crippen LogP contribution in [-0.2, 0) is 25.6 Å².